The number of hydrogen-bond donors (Lipinski definition) is 0. The van der Waals surface area contributed by atoms with Gasteiger partial charge in [0.2, 0.25) is 0 Å². The fraction of sp³-hybridized carbons (Fsp3) is 0.143. The molecule has 1 amide bonds. The molecule has 0 saturated heterocycles. The van der Waals surface area contributed by atoms with Crippen LogP contribution in [0.4, 0.5) is 0 Å². The predicted octanol–water partition coefficient (Wildman–Crippen LogP) is 3.83. The number of amides is 1. The maximum atomic E-state index is 11.8. The lowest BCUT2D eigenvalue weighted by atomic mass is 10.1. The monoisotopic (exact) mass is 245 g/mol. The van der Waals surface area contributed by atoms with E-state index in [1.165, 1.54) is 5.57 Å². The second-order valence-electron chi connectivity index (χ2n) is 3.90. The lowest BCUT2D eigenvalue weighted by Crippen LogP contribution is -2.03. The number of benzene rings is 1. The number of nitrogens with zero attached hydrogens (tertiary/aromatic N) is 1. The number of halogens is 1. The maximum absolute atomic E-state index is 11.8. The zero-order valence-corrected chi connectivity index (χ0v) is 10.2. The molecule has 0 bridgehead atoms. The van der Waals surface area contributed by atoms with Gasteiger partial charge in [-0.1, -0.05) is 29.3 Å². The summed E-state index contributed by atoms with van der Waals surface area (Å²) >= 11 is 5.76. The van der Waals surface area contributed by atoms with Crippen molar-refractivity contribution < 1.29 is 4.79 Å². The van der Waals surface area contributed by atoms with Crippen molar-refractivity contribution in [2.45, 2.75) is 13.3 Å². The van der Waals surface area contributed by atoms with Crippen LogP contribution < -0.4 is 0 Å². The van der Waals surface area contributed by atoms with Gasteiger partial charge in [-0.2, -0.15) is 0 Å². The van der Waals surface area contributed by atoms with Crippen LogP contribution in [0, 0.1) is 0 Å². The van der Waals surface area contributed by atoms with Crippen LogP contribution in [0.1, 0.15) is 23.7 Å². The summed E-state index contributed by atoms with van der Waals surface area (Å²) in [4.78, 5) is 15.9. The van der Waals surface area contributed by atoms with Gasteiger partial charge in [0.15, 0.2) is 0 Å². The molecule has 0 saturated carbocycles. The van der Waals surface area contributed by atoms with Crippen molar-refractivity contribution in [1.29, 1.82) is 0 Å². The Hall–Kier alpha value is -1.67. The second kappa shape index (κ2) is 5.11. The van der Waals surface area contributed by atoms with E-state index in [9.17, 15) is 4.79 Å². The van der Waals surface area contributed by atoms with Crippen LogP contribution in [-0.2, 0) is 0 Å². The molecule has 1 aromatic rings. The lowest BCUT2D eigenvalue weighted by Gasteiger charge is -2.04. The molecule has 17 heavy (non-hydrogen) atoms. The molecule has 86 valence electrons. The minimum atomic E-state index is -0.228. The minimum Gasteiger partial charge on any atom is -0.267 e. The molecule has 1 aliphatic carbocycles. The van der Waals surface area contributed by atoms with Crippen LogP contribution in [0.15, 0.2) is 53.1 Å². The Morgan fingerprint density at radius 3 is 2.53 bits per heavy atom. The molecule has 2 rings (SSSR count). The zero-order valence-electron chi connectivity index (χ0n) is 9.48. The van der Waals surface area contributed by atoms with Gasteiger partial charge >= 0.3 is 0 Å². The molecule has 3 heteroatoms. The number of hydrogen-bond acceptors (Lipinski definition) is 1. The number of carbonyl (C=O) groups is 1. The molecular weight excluding hydrogens is 234 g/mol. The molecule has 0 unspecified atom stereocenters. The van der Waals surface area contributed by atoms with Gasteiger partial charge in [0.05, 0.1) is 0 Å². The first-order valence-corrected chi connectivity index (χ1v) is 5.75. The molecular formula is C14H12ClNO. The summed E-state index contributed by atoms with van der Waals surface area (Å²) in [5, 5.41) is 0.616. The maximum Gasteiger partial charge on any atom is 0.277 e. The molecule has 0 fully saturated rings. The van der Waals surface area contributed by atoms with Gasteiger partial charge in [-0.25, -0.2) is 4.99 Å². The van der Waals surface area contributed by atoms with Gasteiger partial charge in [-0.15, -0.1) is 0 Å². The van der Waals surface area contributed by atoms with Crippen molar-refractivity contribution >= 4 is 23.2 Å². The molecule has 0 radical (unpaired) electrons. The fourth-order valence-corrected chi connectivity index (χ4v) is 1.63. The van der Waals surface area contributed by atoms with E-state index in [2.05, 4.69) is 4.99 Å². The van der Waals surface area contributed by atoms with Gasteiger partial charge in [0.25, 0.3) is 5.91 Å². The molecule has 2 nitrogen and oxygen atoms in total. The third-order valence-corrected chi connectivity index (χ3v) is 2.76. The van der Waals surface area contributed by atoms with Crippen molar-refractivity contribution in [2.75, 3.05) is 0 Å². The first-order valence-electron chi connectivity index (χ1n) is 5.37. The fourth-order valence-electron chi connectivity index (χ4n) is 1.50. The number of carbonyl (C=O) groups excluding carboxylic acids is 1. The summed E-state index contributed by atoms with van der Waals surface area (Å²) in [6, 6.07) is 6.75. The summed E-state index contributed by atoms with van der Waals surface area (Å²) in [6.07, 6.45) is 6.59. The molecule has 0 N–H and O–H groups in total. The minimum absolute atomic E-state index is 0.228. The number of allylic oxidation sites excluding steroid dienone is 4. The molecule has 1 aromatic carbocycles. The van der Waals surface area contributed by atoms with Gasteiger partial charge in [-0.3, -0.25) is 4.79 Å². The van der Waals surface area contributed by atoms with E-state index in [0.717, 1.165) is 5.71 Å². The summed E-state index contributed by atoms with van der Waals surface area (Å²) in [5.41, 5.74) is 2.54. The second-order valence-corrected chi connectivity index (χ2v) is 4.34. The SMILES string of the molecule is CC1=CCC(=NC(=O)c2ccc(Cl)cc2)C=C1. The van der Waals surface area contributed by atoms with Crippen molar-refractivity contribution in [3.8, 4) is 0 Å². The first kappa shape index (κ1) is 11.8. The van der Waals surface area contributed by atoms with Crippen LogP contribution in [-0.4, -0.2) is 11.6 Å². The third-order valence-electron chi connectivity index (χ3n) is 2.51. The van der Waals surface area contributed by atoms with Gasteiger partial charge in [-0.05, 0) is 37.3 Å². The molecule has 1 aliphatic rings. The average molecular weight is 246 g/mol. The Morgan fingerprint density at radius 1 is 1.24 bits per heavy atom. The van der Waals surface area contributed by atoms with E-state index in [0.29, 0.717) is 17.0 Å². The van der Waals surface area contributed by atoms with Crippen molar-refractivity contribution in [3.63, 3.8) is 0 Å². The van der Waals surface area contributed by atoms with Crippen LogP contribution in [0.5, 0.6) is 0 Å². The lowest BCUT2D eigenvalue weighted by molar-refractivity contribution is 0.100. The zero-order chi connectivity index (χ0) is 12.3. The summed E-state index contributed by atoms with van der Waals surface area (Å²) < 4.78 is 0. The van der Waals surface area contributed by atoms with Crippen molar-refractivity contribution in [2.24, 2.45) is 4.99 Å². The quantitative estimate of drug-likeness (QED) is 0.739. The highest BCUT2D eigenvalue weighted by Crippen LogP contribution is 2.12. The van der Waals surface area contributed by atoms with Gasteiger partial charge in [0, 0.05) is 22.7 Å². The van der Waals surface area contributed by atoms with Crippen LogP contribution in [0.3, 0.4) is 0 Å². The Balaban J connectivity index is 2.15. The standard InChI is InChI=1S/C14H12ClNO/c1-10-2-8-13(9-3-10)16-14(17)11-4-6-12(15)7-5-11/h2-8H,9H2,1H3. The van der Waals surface area contributed by atoms with E-state index < -0.39 is 0 Å². The Bertz CT molecular complexity index is 524. The topological polar surface area (TPSA) is 29.4 Å². The molecule has 0 aromatic heterocycles. The molecule has 0 spiro atoms. The van der Waals surface area contributed by atoms with E-state index in [1.54, 1.807) is 24.3 Å². The molecule has 0 aliphatic heterocycles. The van der Waals surface area contributed by atoms with E-state index in [-0.39, 0.29) is 5.91 Å². The number of rotatable bonds is 1. The van der Waals surface area contributed by atoms with Crippen LogP contribution in [0.2, 0.25) is 5.02 Å². The smallest absolute Gasteiger partial charge is 0.267 e. The Labute approximate surface area is 105 Å². The molecule has 0 heterocycles. The molecule has 0 atom stereocenters. The Morgan fingerprint density at radius 2 is 1.94 bits per heavy atom. The van der Waals surface area contributed by atoms with Gasteiger partial charge in [0.1, 0.15) is 0 Å². The van der Waals surface area contributed by atoms with Crippen molar-refractivity contribution in [1.82, 2.24) is 0 Å². The predicted molar refractivity (Wildman–Crippen MR) is 70.7 cm³/mol. The highest BCUT2D eigenvalue weighted by atomic mass is 35.5. The average Bonchev–Trinajstić information content (AvgIpc) is 2.33. The van der Waals surface area contributed by atoms with Crippen LogP contribution >= 0.6 is 11.6 Å². The van der Waals surface area contributed by atoms with E-state index >= 15 is 0 Å². The van der Waals surface area contributed by atoms with Crippen molar-refractivity contribution in [3.05, 3.63) is 58.7 Å². The Kier molecular flexibility index (Phi) is 3.55. The van der Waals surface area contributed by atoms with E-state index in [1.807, 2.05) is 25.2 Å². The largest absolute Gasteiger partial charge is 0.277 e. The van der Waals surface area contributed by atoms with Crippen LogP contribution in [0.25, 0.3) is 0 Å². The highest BCUT2D eigenvalue weighted by Gasteiger charge is 2.06. The highest BCUT2D eigenvalue weighted by molar-refractivity contribution is 6.30. The summed E-state index contributed by atoms with van der Waals surface area (Å²) in [6.45, 7) is 2.02. The third kappa shape index (κ3) is 3.14. The normalized spacial score (nSPS) is 17.1. The first-order chi connectivity index (χ1) is 8.15. The summed E-state index contributed by atoms with van der Waals surface area (Å²) in [7, 11) is 0. The summed E-state index contributed by atoms with van der Waals surface area (Å²) in [5.74, 6) is -0.228. The van der Waals surface area contributed by atoms with E-state index in [4.69, 9.17) is 11.6 Å². The number of aliphatic imine (C=N–C) groups is 1. The van der Waals surface area contributed by atoms with Gasteiger partial charge < -0.3 is 0 Å².